The fourth-order valence-electron chi connectivity index (χ4n) is 3.46. The smallest absolute Gasteiger partial charge is 0.259 e. The van der Waals surface area contributed by atoms with Crippen LogP contribution in [0, 0.1) is 0 Å². The lowest BCUT2D eigenvalue weighted by Gasteiger charge is -2.23. The van der Waals surface area contributed by atoms with Gasteiger partial charge in [-0.25, -0.2) is 9.97 Å². The monoisotopic (exact) mass is 441 g/mol. The summed E-state index contributed by atoms with van der Waals surface area (Å²) in [5.41, 5.74) is 2.39. The van der Waals surface area contributed by atoms with Gasteiger partial charge in [0.25, 0.3) is 5.91 Å². The molecule has 3 aromatic rings. The van der Waals surface area contributed by atoms with Crippen LogP contribution in [0.15, 0.2) is 48.7 Å². The number of rotatable bonds is 4. The minimum Gasteiger partial charge on any atom is -0.497 e. The third-order valence-electron chi connectivity index (χ3n) is 5.03. The quantitative estimate of drug-likeness (QED) is 0.618. The Labute approximate surface area is 183 Å². The SMILES string of the molecule is COc1ccc([C@H]2CC(=O)c3cnc(NC(=O)c4ccc(Cl)cc4Cl)nc3C2)cc1. The average Bonchev–Trinajstić information content (AvgIpc) is 2.73. The summed E-state index contributed by atoms with van der Waals surface area (Å²) in [5, 5.41) is 3.30. The standard InChI is InChI=1S/C22H17Cl2N3O3/c1-30-15-5-2-12(3-6-15)13-8-19-17(20(28)9-13)11-25-22(26-19)27-21(29)16-7-4-14(23)10-18(16)24/h2-7,10-11,13H,8-9H2,1H3,(H,25,26,27,29)/t13-/m1/s1. The number of methoxy groups -OCH3 is 1. The number of Topliss-reactive ketones (excluding diaryl/α,β-unsaturated/α-hetero) is 1. The minimum absolute atomic E-state index is 0.0000623. The summed E-state index contributed by atoms with van der Waals surface area (Å²) in [7, 11) is 1.61. The molecule has 0 saturated carbocycles. The fourth-order valence-corrected chi connectivity index (χ4v) is 3.95. The fraction of sp³-hybridized carbons (Fsp3) is 0.182. The van der Waals surface area contributed by atoms with Gasteiger partial charge in [0.15, 0.2) is 5.78 Å². The highest BCUT2D eigenvalue weighted by Crippen LogP contribution is 2.33. The normalized spacial score (nSPS) is 15.4. The number of aromatic nitrogens is 2. The lowest BCUT2D eigenvalue weighted by molar-refractivity contribution is 0.0962. The summed E-state index contributed by atoms with van der Waals surface area (Å²) in [4.78, 5) is 33.7. The largest absolute Gasteiger partial charge is 0.497 e. The van der Waals surface area contributed by atoms with Crippen LogP contribution >= 0.6 is 23.2 Å². The highest BCUT2D eigenvalue weighted by molar-refractivity contribution is 6.37. The van der Waals surface area contributed by atoms with Crippen LogP contribution in [0.1, 0.15) is 44.3 Å². The third-order valence-corrected chi connectivity index (χ3v) is 5.58. The van der Waals surface area contributed by atoms with Crippen molar-refractivity contribution in [1.82, 2.24) is 9.97 Å². The second-order valence-corrected chi connectivity index (χ2v) is 7.78. The second kappa shape index (κ2) is 8.42. The molecule has 0 fully saturated rings. The van der Waals surface area contributed by atoms with Gasteiger partial charge >= 0.3 is 0 Å². The lowest BCUT2D eigenvalue weighted by atomic mass is 9.82. The number of anilines is 1. The summed E-state index contributed by atoms with van der Waals surface area (Å²) in [6.07, 6.45) is 2.42. The van der Waals surface area contributed by atoms with E-state index in [9.17, 15) is 9.59 Å². The molecule has 0 radical (unpaired) electrons. The van der Waals surface area contributed by atoms with E-state index in [0.717, 1.165) is 11.3 Å². The first-order chi connectivity index (χ1) is 14.4. The average molecular weight is 442 g/mol. The summed E-state index contributed by atoms with van der Waals surface area (Å²) < 4.78 is 5.19. The van der Waals surface area contributed by atoms with E-state index < -0.39 is 5.91 Å². The molecule has 1 aliphatic rings. The maximum atomic E-state index is 12.6. The highest BCUT2D eigenvalue weighted by Gasteiger charge is 2.28. The molecular formula is C22H17Cl2N3O3. The number of carbonyl (C=O) groups excluding carboxylic acids is 2. The van der Waals surface area contributed by atoms with Crippen LogP contribution in [-0.4, -0.2) is 28.8 Å². The highest BCUT2D eigenvalue weighted by atomic mass is 35.5. The molecule has 1 N–H and O–H groups in total. The van der Waals surface area contributed by atoms with Gasteiger partial charge in [-0.2, -0.15) is 0 Å². The third kappa shape index (κ3) is 4.15. The summed E-state index contributed by atoms with van der Waals surface area (Å²) in [5.74, 6) is 0.406. The van der Waals surface area contributed by atoms with Crippen LogP contribution in [0.25, 0.3) is 0 Å². The van der Waals surface area contributed by atoms with E-state index in [4.69, 9.17) is 27.9 Å². The van der Waals surface area contributed by atoms with E-state index in [1.165, 1.54) is 18.3 Å². The molecule has 1 amide bonds. The predicted molar refractivity (Wildman–Crippen MR) is 115 cm³/mol. The Morgan fingerprint density at radius 3 is 2.60 bits per heavy atom. The number of amides is 1. The van der Waals surface area contributed by atoms with Crippen molar-refractivity contribution in [3.05, 3.63) is 81.1 Å². The van der Waals surface area contributed by atoms with Gasteiger partial charge < -0.3 is 4.74 Å². The van der Waals surface area contributed by atoms with Gasteiger partial charge in [0.2, 0.25) is 5.95 Å². The molecular weight excluding hydrogens is 425 g/mol. The number of nitrogens with zero attached hydrogens (tertiary/aromatic N) is 2. The van der Waals surface area contributed by atoms with Crippen LogP contribution < -0.4 is 10.1 Å². The Kier molecular flexibility index (Phi) is 5.70. The molecule has 30 heavy (non-hydrogen) atoms. The van der Waals surface area contributed by atoms with Crippen molar-refractivity contribution in [2.45, 2.75) is 18.8 Å². The zero-order chi connectivity index (χ0) is 21.3. The Morgan fingerprint density at radius 1 is 1.13 bits per heavy atom. The van der Waals surface area contributed by atoms with E-state index in [2.05, 4.69) is 15.3 Å². The predicted octanol–water partition coefficient (Wildman–Crippen LogP) is 4.96. The Bertz CT molecular complexity index is 1130. The Morgan fingerprint density at radius 2 is 1.90 bits per heavy atom. The van der Waals surface area contributed by atoms with Crippen molar-refractivity contribution in [3.63, 3.8) is 0 Å². The zero-order valence-electron chi connectivity index (χ0n) is 16.0. The number of carbonyl (C=O) groups is 2. The van der Waals surface area contributed by atoms with Crippen LogP contribution in [0.4, 0.5) is 5.95 Å². The lowest BCUT2D eigenvalue weighted by Crippen LogP contribution is -2.22. The van der Waals surface area contributed by atoms with Gasteiger partial charge in [-0.15, -0.1) is 0 Å². The number of fused-ring (bicyclic) bond motifs is 1. The number of ether oxygens (including phenoxy) is 1. The second-order valence-electron chi connectivity index (χ2n) is 6.93. The molecule has 6 nitrogen and oxygen atoms in total. The molecule has 0 saturated heterocycles. The van der Waals surface area contributed by atoms with Crippen LogP contribution in [0.5, 0.6) is 5.75 Å². The number of hydrogen-bond acceptors (Lipinski definition) is 5. The molecule has 0 bridgehead atoms. The Hall–Kier alpha value is -2.96. The Balaban J connectivity index is 1.56. The molecule has 152 valence electrons. The number of ketones is 1. The van der Waals surface area contributed by atoms with E-state index in [1.54, 1.807) is 13.2 Å². The van der Waals surface area contributed by atoms with Crippen molar-refractivity contribution < 1.29 is 14.3 Å². The molecule has 2 aromatic carbocycles. The van der Waals surface area contributed by atoms with E-state index in [0.29, 0.717) is 29.1 Å². The van der Waals surface area contributed by atoms with Crippen LogP contribution in [0.2, 0.25) is 10.0 Å². The van der Waals surface area contributed by atoms with Gasteiger partial charge in [-0.05, 0) is 48.2 Å². The topological polar surface area (TPSA) is 81.2 Å². The number of benzene rings is 2. The maximum absolute atomic E-state index is 12.6. The molecule has 1 aromatic heterocycles. The van der Waals surface area contributed by atoms with Crippen LogP contribution in [-0.2, 0) is 6.42 Å². The van der Waals surface area contributed by atoms with Gasteiger partial charge in [0.05, 0.1) is 29.0 Å². The molecule has 0 unspecified atom stereocenters. The van der Waals surface area contributed by atoms with Crippen molar-refractivity contribution in [3.8, 4) is 5.75 Å². The van der Waals surface area contributed by atoms with Crippen molar-refractivity contribution in [2.75, 3.05) is 12.4 Å². The first kappa shape index (κ1) is 20.3. The van der Waals surface area contributed by atoms with E-state index in [-0.39, 0.29) is 28.2 Å². The first-order valence-corrected chi connectivity index (χ1v) is 9.99. The first-order valence-electron chi connectivity index (χ1n) is 9.24. The van der Waals surface area contributed by atoms with Crippen molar-refractivity contribution in [2.24, 2.45) is 0 Å². The zero-order valence-corrected chi connectivity index (χ0v) is 17.5. The molecule has 1 aliphatic carbocycles. The molecule has 8 heteroatoms. The number of halogens is 2. The van der Waals surface area contributed by atoms with Gasteiger partial charge in [-0.3, -0.25) is 14.9 Å². The van der Waals surface area contributed by atoms with Gasteiger partial charge in [0, 0.05) is 17.6 Å². The van der Waals surface area contributed by atoms with Gasteiger partial charge in [-0.1, -0.05) is 35.3 Å². The van der Waals surface area contributed by atoms with Crippen molar-refractivity contribution >= 4 is 40.8 Å². The number of hydrogen-bond donors (Lipinski definition) is 1. The summed E-state index contributed by atoms with van der Waals surface area (Å²) in [6, 6.07) is 12.2. The molecule has 4 rings (SSSR count). The summed E-state index contributed by atoms with van der Waals surface area (Å²) in [6.45, 7) is 0. The van der Waals surface area contributed by atoms with Crippen molar-refractivity contribution in [1.29, 1.82) is 0 Å². The summed E-state index contributed by atoms with van der Waals surface area (Å²) >= 11 is 12.0. The molecule has 0 aliphatic heterocycles. The molecule has 1 heterocycles. The minimum atomic E-state index is -0.453. The molecule has 0 spiro atoms. The maximum Gasteiger partial charge on any atom is 0.259 e. The number of nitrogens with one attached hydrogen (secondary N) is 1. The van der Waals surface area contributed by atoms with E-state index in [1.807, 2.05) is 24.3 Å². The van der Waals surface area contributed by atoms with Gasteiger partial charge in [0.1, 0.15) is 5.75 Å². The van der Waals surface area contributed by atoms with Crippen LogP contribution in [0.3, 0.4) is 0 Å². The van der Waals surface area contributed by atoms with E-state index >= 15 is 0 Å². The molecule has 1 atom stereocenters.